The highest BCUT2D eigenvalue weighted by Gasteiger charge is 2.18. The van der Waals surface area contributed by atoms with Crippen molar-refractivity contribution in [1.29, 1.82) is 0 Å². The molecule has 4 nitrogen and oxygen atoms in total. The van der Waals surface area contributed by atoms with Crippen LogP contribution in [0.4, 0.5) is 0 Å². The molecule has 1 aromatic carbocycles. The van der Waals surface area contributed by atoms with Gasteiger partial charge in [0.1, 0.15) is 10.7 Å². The molecule has 0 radical (unpaired) electrons. The summed E-state index contributed by atoms with van der Waals surface area (Å²) in [5.41, 5.74) is 1.07. The highest BCUT2D eigenvalue weighted by molar-refractivity contribution is 9.10. The fourth-order valence-corrected chi connectivity index (χ4v) is 2.04. The first-order chi connectivity index (χ1) is 7.61. The molecule has 82 valence electrons. The highest BCUT2D eigenvalue weighted by atomic mass is 79.9. The number of aromatic nitrogens is 2. The standard InChI is InChI=1S/C10H6BrClN2O2/c11-6-4-2-1-3-5(6)8-7(12)9(10(15)16)14-13-8/h1-4H,(H,13,14)(H,15,16). The van der Waals surface area contributed by atoms with Crippen molar-refractivity contribution < 1.29 is 9.90 Å². The molecule has 0 aliphatic heterocycles. The Balaban J connectivity index is 2.58. The van der Waals surface area contributed by atoms with Gasteiger partial charge < -0.3 is 5.11 Å². The third-order valence-corrected chi connectivity index (χ3v) is 3.11. The maximum Gasteiger partial charge on any atom is 0.355 e. The van der Waals surface area contributed by atoms with Crippen LogP contribution in [0.15, 0.2) is 28.7 Å². The summed E-state index contributed by atoms with van der Waals surface area (Å²) >= 11 is 9.28. The van der Waals surface area contributed by atoms with Gasteiger partial charge in [0.05, 0.1) is 0 Å². The van der Waals surface area contributed by atoms with E-state index in [9.17, 15) is 4.79 Å². The Morgan fingerprint density at radius 3 is 2.69 bits per heavy atom. The lowest BCUT2D eigenvalue weighted by Gasteiger charge is -2.00. The minimum absolute atomic E-state index is 0.104. The van der Waals surface area contributed by atoms with Crippen LogP contribution < -0.4 is 0 Å². The van der Waals surface area contributed by atoms with Crippen molar-refractivity contribution in [1.82, 2.24) is 10.2 Å². The Morgan fingerprint density at radius 2 is 2.12 bits per heavy atom. The number of rotatable bonds is 2. The second-order valence-corrected chi connectivity index (χ2v) is 4.28. The van der Waals surface area contributed by atoms with Gasteiger partial charge in [0.25, 0.3) is 0 Å². The van der Waals surface area contributed by atoms with E-state index in [4.69, 9.17) is 16.7 Å². The van der Waals surface area contributed by atoms with E-state index in [1.807, 2.05) is 18.2 Å². The van der Waals surface area contributed by atoms with E-state index < -0.39 is 5.97 Å². The Hall–Kier alpha value is -1.33. The maximum atomic E-state index is 10.8. The molecule has 2 N–H and O–H groups in total. The van der Waals surface area contributed by atoms with Gasteiger partial charge in [0.2, 0.25) is 0 Å². The van der Waals surface area contributed by atoms with Crippen LogP contribution in [0.5, 0.6) is 0 Å². The average Bonchev–Trinajstić information content (AvgIpc) is 2.61. The zero-order valence-electron chi connectivity index (χ0n) is 7.87. The molecule has 0 saturated carbocycles. The predicted octanol–water partition coefficient (Wildman–Crippen LogP) is 3.19. The Bertz CT molecular complexity index is 554. The fourth-order valence-electron chi connectivity index (χ4n) is 1.30. The number of aromatic amines is 1. The van der Waals surface area contributed by atoms with E-state index in [0.717, 1.165) is 10.0 Å². The average molecular weight is 302 g/mol. The highest BCUT2D eigenvalue weighted by Crippen LogP contribution is 2.33. The van der Waals surface area contributed by atoms with Crippen molar-refractivity contribution in [2.24, 2.45) is 0 Å². The SMILES string of the molecule is O=C(O)c1[nH]nc(-c2ccccc2Br)c1Cl. The van der Waals surface area contributed by atoms with Gasteiger partial charge in [-0.05, 0) is 6.07 Å². The topological polar surface area (TPSA) is 66.0 Å². The van der Waals surface area contributed by atoms with Crippen LogP contribution in [0, 0.1) is 0 Å². The summed E-state index contributed by atoms with van der Waals surface area (Å²) in [6.45, 7) is 0. The Kier molecular flexibility index (Phi) is 2.98. The Labute approximate surface area is 104 Å². The van der Waals surface area contributed by atoms with Crippen molar-refractivity contribution in [2.75, 3.05) is 0 Å². The summed E-state index contributed by atoms with van der Waals surface area (Å²) in [6.07, 6.45) is 0. The molecule has 0 spiro atoms. The molecule has 6 heteroatoms. The number of nitrogens with zero attached hydrogens (tertiary/aromatic N) is 1. The molecule has 1 heterocycles. The fraction of sp³-hybridized carbons (Fsp3) is 0. The molecular weight excluding hydrogens is 295 g/mol. The zero-order chi connectivity index (χ0) is 11.7. The van der Waals surface area contributed by atoms with Gasteiger partial charge in [-0.15, -0.1) is 0 Å². The van der Waals surface area contributed by atoms with Crippen LogP contribution >= 0.6 is 27.5 Å². The second kappa shape index (κ2) is 4.27. The third kappa shape index (κ3) is 1.83. The van der Waals surface area contributed by atoms with Crippen LogP contribution in [-0.2, 0) is 0 Å². The maximum absolute atomic E-state index is 10.8. The smallest absolute Gasteiger partial charge is 0.355 e. The largest absolute Gasteiger partial charge is 0.476 e. The zero-order valence-corrected chi connectivity index (χ0v) is 10.2. The van der Waals surface area contributed by atoms with E-state index in [-0.39, 0.29) is 10.7 Å². The second-order valence-electron chi connectivity index (χ2n) is 3.05. The van der Waals surface area contributed by atoms with Crippen LogP contribution in [0.25, 0.3) is 11.3 Å². The Morgan fingerprint density at radius 1 is 1.44 bits per heavy atom. The number of carbonyl (C=O) groups is 1. The number of hydrogen-bond donors (Lipinski definition) is 2. The number of benzene rings is 1. The minimum atomic E-state index is -1.13. The van der Waals surface area contributed by atoms with Gasteiger partial charge in [0.15, 0.2) is 5.69 Å². The van der Waals surface area contributed by atoms with Gasteiger partial charge in [-0.25, -0.2) is 4.79 Å². The molecule has 2 aromatic rings. The number of halogens is 2. The molecule has 0 bridgehead atoms. The molecule has 0 saturated heterocycles. The van der Waals surface area contributed by atoms with Gasteiger partial charge >= 0.3 is 5.97 Å². The summed E-state index contributed by atoms with van der Waals surface area (Å²) in [4.78, 5) is 10.8. The van der Waals surface area contributed by atoms with E-state index in [2.05, 4.69) is 26.1 Å². The number of H-pyrrole nitrogens is 1. The van der Waals surface area contributed by atoms with Crippen molar-refractivity contribution in [3.63, 3.8) is 0 Å². The molecule has 0 amide bonds. The first-order valence-corrected chi connectivity index (χ1v) is 5.50. The lowest BCUT2D eigenvalue weighted by molar-refractivity contribution is 0.0690. The molecule has 0 unspecified atom stereocenters. The van der Waals surface area contributed by atoms with Gasteiger partial charge in [-0.1, -0.05) is 45.7 Å². The molecular formula is C10H6BrClN2O2. The van der Waals surface area contributed by atoms with E-state index in [0.29, 0.717) is 5.69 Å². The molecule has 0 atom stereocenters. The van der Waals surface area contributed by atoms with Crippen LogP contribution in [0.1, 0.15) is 10.5 Å². The summed E-state index contributed by atoms with van der Waals surface area (Å²) in [5, 5.41) is 15.2. The predicted molar refractivity (Wildman–Crippen MR) is 63.7 cm³/mol. The molecule has 0 fully saturated rings. The molecule has 2 rings (SSSR count). The number of carboxylic acid groups (broad SMARTS) is 1. The third-order valence-electron chi connectivity index (χ3n) is 2.05. The quantitative estimate of drug-likeness (QED) is 0.895. The summed E-state index contributed by atoms with van der Waals surface area (Å²) in [7, 11) is 0. The number of carboxylic acids is 1. The molecule has 0 aliphatic rings. The molecule has 1 aromatic heterocycles. The summed E-state index contributed by atoms with van der Waals surface area (Å²) in [6, 6.07) is 7.32. The van der Waals surface area contributed by atoms with Gasteiger partial charge in [-0.2, -0.15) is 5.10 Å². The number of hydrogen-bond acceptors (Lipinski definition) is 2. The van der Waals surface area contributed by atoms with Crippen molar-refractivity contribution in [2.45, 2.75) is 0 Å². The van der Waals surface area contributed by atoms with E-state index in [1.165, 1.54) is 0 Å². The van der Waals surface area contributed by atoms with Crippen molar-refractivity contribution in [3.05, 3.63) is 39.5 Å². The lowest BCUT2D eigenvalue weighted by atomic mass is 10.1. The normalized spacial score (nSPS) is 10.4. The van der Waals surface area contributed by atoms with Gasteiger partial charge in [-0.3, -0.25) is 5.10 Å². The first kappa shape index (κ1) is 11.2. The minimum Gasteiger partial charge on any atom is -0.476 e. The molecule has 16 heavy (non-hydrogen) atoms. The monoisotopic (exact) mass is 300 g/mol. The number of aromatic carboxylic acids is 1. The van der Waals surface area contributed by atoms with Crippen molar-refractivity contribution >= 4 is 33.5 Å². The molecule has 0 aliphatic carbocycles. The summed E-state index contributed by atoms with van der Waals surface area (Å²) < 4.78 is 0.806. The summed E-state index contributed by atoms with van der Waals surface area (Å²) in [5.74, 6) is -1.13. The van der Waals surface area contributed by atoms with E-state index in [1.54, 1.807) is 6.07 Å². The first-order valence-electron chi connectivity index (χ1n) is 4.33. The number of nitrogens with one attached hydrogen (secondary N) is 1. The van der Waals surface area contributed by atoms with Crippen LogP contribution in [0.2, 0.25) is 5.02 Å². The van der Waals surface area contributed by atoms with Crippen LogP contribution in [-0.4, -0.2) is 21.3 Å². The van der Waals surface area contributed by atoms with Crippen molar-refractivity contribution in [3.8, 4) is 11.3 Å². The lowest BCUT2D eigenvalue weighted by Crippen LogP contribution is -1.96. The van der Waals surface area contributed by atoms with Crippen LogP contribution in [0.3, 0.4) is 0 Å². The van der Waals surface area contributed by atoms with E-state index >= 15 is 0 Å². The van der Waals surface area contributed by atoms with Gasteiger partial charge in [0, 0.05) is 10.0 Å².